The molecule has 0 aromatic heterocycles. The first-order valence-corrected chi connectivity index (χ1v) is 3.84. The molecule has 0 N–H and O–H groups in total. The zero-order valence-electron chi connectivity index (χ0n) is 6.94. The van der Waals surface area contributed by atoms with Gasteiger partial charge in [-0.3, -0.25) is 0 Å². The van der Waals surface area contributed by atoms with Crippen molar-refractivity contribution in [1.29, 1.82) is 0 Å². The first-order valence-electron chi connectivity index (χ1n) is 3.46. The van der Waals surface area contributed by atoms with Crippen molar-refractivity contribution in [2.75, 3.05) is 7.11 Å². The number of halogens is 1. The van der Waals surface area contributed by atoms with Crippen molar-refractivity contribution >= 4 is 11.6 Å². The Hall–Kier alpha value is -0.690. The van der Waals surface area contributed by atoms with E-state index in [1.165, 1.54) is 0 Å². The van der Waals surface area contributed by atoms with Gasteiger partial charge in [0.2, 0.25) is 0 Å². The summed E-state index contributed by atoms with van der Waals surface area (Å²) >= 11 is 5.89. The predicted octanol–water partition coefficient (Wildman–Crippen LogP) is 2.97. The summed E-state index contributed by atoms with van der Waals surface area (Å²) in [6, 6.07) is 3.73. The summed E-state index contributed by atoms with van der Waals surface area (Å²) in [5.74, 6) is 0.895. The SMILES string of the molecule is COc1ccc(Cl)c(C)c1C. The molecule has 1 rings (SSSR count). The minimum atomic E-state index is 0.795. The minimum Gasteiger partial charge on any atom is -0.496 e. The monoisotopic (exact) mass is 170 g/mol. The van der Waals surface area contributed by atoms with Gasteiger partial charge < -0.3 is 4.74 Å². The van der Waals surface area contributed by atoms with Crippen molar-refractivity contribution in [3.8, 4) is 5.75 Å². The molecule has 0 fully saturated rings. The molecule has 0 aliphatic rings. The van der Waals surface area contributed by atoms with Crippen LogP contribution < -0.4 is 4.74 Å². The molecule has 0 radical (unpaired) electrons. The van der Waals surface area contributed by atoms with Crippen molar-refractivity contribution in [1.82, 2.24) is 0 Å². The third-order valence-electron chi connectivity index (χ3n) is 1.89. The van der Waals surface area contributed by atoms with Gasteiger partial charge in [0.25, 0.3) is 0 Å². The van der Waals surface area contributed by atoms with E-state index in [0.717, 1.165) is 21.9 Å². The molecule has 0 amide bonds. The molecule has 0 bridgehead atoms. The van der Waals surface area contributed by atoms with Crippen molar-refractivity contribution in [3.05, 3.63) is 28.3 Å². The Balaban J connectivity index is 3.25. The maximum absolute atomic E-state index is 5.89. The summed E-state index contributed by atoms with van der Waals surface area (Å²) in [5, 5.41) is 0.795. The molecule has 2 heteroatoms. The molecule has 0 saturated carbocycles. The minimum absolute atomic E-state index is 0.795. The van der Waals surface area contributed by atoms with Crippen LogP contribution in [-0.2, 0) is 0 Å². The fraction of sp³-hybridized carbons (Fsp3) is 0.333. The molecular weight excluding hydrogens is 160 g/mol. The Labute approximate surface area is 71.9 Å². The van der Waals surface area contributed by atoms with Crippen LogP contribution in [0.4, 0.5) is 0 Å². The van der Waals surface area contributed by atoms with Gasteiger partial charge in [-0.1, -0.05) is 11.6 Å². The Bertz CT molecular complexity index is 269. The van der Waals surface area contributed by atoms with E-state index in [9.17, 15) is 0 Å². The lowest BCUT2D eigenvalue weighted by Gasteiger charge is -2.07. The van der Waals surface area contributed by atoms with Crippen LogP contribution >= 0.6 is 11.6 Å². The Morgan fingerprint density at radius 3 is 2.36 bits per heavy atom. The van der Waals surface area contributed by atoms with Crippen molar-refractivity contribution in [2.24, 2.45) is 0 Å². The zero-order valence-corrected chi connectivity index (χ0v) is 7.70. The third kappa shape index (κ3) is 1.48. The Kier molecular flexibility index (Phi) is 2.40. The fourth-order valence-corrected chi connectivity index (χ4v) is 1.19. The van der Waals surface area contributed by atoms with E-state index in [2.05, 4.69) is 0 Å². The molecule has 0 saturated heterocycles. The standard InChI is InChI=1S/C9H11ClO/c1-6-7(2)9(11-3)5-4-8(6)10/h4-5H,1-3H3. The maximum Gasteiger partial charge on any atom is 0.122 e. The van der Waals surface area contributed by atoms with Crippen LogP contribution in [0.5, 0.6) is 5.75 Å². The van der Waals surface area contributed by atoms with Crippen LogP contribution in [0, 0.1) is 13.8 Å². The predicted molar refractivity (Wildman–Crippen MR) is 47.5 cm³/mol. The fourth-order valence-electron chi connectivity index (χ4n) is 0.984. The van der Waals surface area contributed by atoms with E-state index in [0.29, 0.717) is 0 Å². The van der Waals surface area contributed by atoms with Crippen LogP contribution in [0.15, 0.2) is 12.1 Å². The van der Waals surface area contributed by atoms with E-state index in [-0.39, 0.29) is 0 Å². The topological polar surface area (TPSA) is 9.23 Å². The lowest BCUT2D eigenvalue weighted by molar-refractivity contribution is 0.411. The average Bonchev–Trinajstić information content (AvgIpc) is 2.01. The zero-order chi connectivity index (χ0) is 8.43. The molecule has 60 valence electrons. The van der Waals surface area contributed by atoms with Crippen LogP contribution in [0.3, 0.4) is 0 Å². The van der Waals surface area contributed by atoms with E-state index >= 15 is 0 Å². The summed E-state index contributed by atoms with van der Waals surface area (Å²) in [6.45, 7) is 3.99. The summed E-state index contributed by atoms with van der Waals surface area (Å²) in [4.78, 5) is 0. The molecule has 0 unspecified atom stereocenters. The number of methoxy groups -OCH3 is 1. The van der Waals surface area contributed by atoms with Crippen molar-refractivity contribution < 1.29 is 4.74 Å². The lowest BCUT2D eigenvalue weighted by atomic mass is 10.1. The molecule has 0 spiro atoms. The van der Waals surface area contributed by atoms with E-state index in [1.807, 2.05) is 26.0 Å². The molecule has 0 heterocycles. The second kappa shape index (κ2) is 3.14. The summed E-state index contributed by atoms with van der Waals surface area (Å²) < 4.78 is 5.12. The van der Waals surface area contributed by atoms with Gasteiger partial charge in [-0.25, -0.2) is 0 Å². The van der Waals surface area contributed by atoms with Gasteiger partial charge >= 0.3 is 0 Å². The van der Waals surface area contributed by atoms with Gasteiger partial charge in [0.1, 0.15) is 5.75 Å². The van der Waals surface area contributed by atoms with Gasteiger partial charge in [0.15, 0.2) is 0 Å². The van der Waals surface area contributed by atoms with E-state index < -0.39 is 0 Å². The van der Waals surface area contributed by atoms with Crippen LogP contribution in [-0.4, -0.2) is 7.11 Å². The molecule has 1 aromatic rings. The lowest BCUT2D eigenvalue weighted by Crippen LogP contribution is -1.89. The largest absolute Gasteiger partial charge is 0.496 e. The van der Waals surface area contributed by atoms with Gasteiger partial charge in [-0.15, -0.1) is 0 Å². The third-order valence-corrected chi connectivity index (χ3v) is 2.30. The Morgan fingerprint density at radius 1 is 1.18 bits per heavy atom. The molecule has 0 aliphatic heterocycles. The highest BCUT2D eigenvalue weighted by atomic mass is 35.5. The number of hydrogen-bond donors (Lipinski definition) is 0. The Morgan fingerprint density at radius 2 is 1.82 bits per heavy atom. The first kappa shape index (κ1) is 8.41. The van der Waals surface area contributed by atoms with E-state index in [1.54, 1.807) is 7.11 Å². The van der Waals surface area contributed by atoms with Crippen molar-refractivity contribution in [2.45, 2.75) is 13.8 Å². The van der Waals surface area contributed by atoms with Gasteiger partial charge in [0, 0.05) is 5.02 Å². The molecule has 11 heavy (non-hydrogen) atoms. The van der Waals surface area contributed by atoms with Crippen LogP contribution in [0.1, 0.15) is 11.1 Å². The smallest absolute Gasteiger partial charge is 0.122 e. The average molecular weight is 171 g/mol. The highest BCUT2D eigenvalue weighted by molar-refractivity contribution is 6.31. The highest BCUT2D eigenvalue weighted by Gasteiger charge is 2.03. The maximum atomic E-state index is 5.89. The molecule has 1 aromatic carbocycles. The second-order valence-electron chi connectivity index (χ2n) is 2.50. The second-order valence-corrected chi connectivity index (χ2v) is 2.91. The highest BCUT2D eigenvalue weighted by Crippen LogP contribution is 2.26. The number of benzene rings is 1. The van der Waals surface area contributed by atoms with Gasteiger partial charge in [0.05, 0.1) is 7.11 Å². The van der Waals surface area contributed by atoms with Gasteiger partial charge in [-0.05, 0) is 37.1 Å². The summed E-state index contributed by atoms with van der Waals surface area (Å²) in [5.41, 5.74) is 2.20. The number of hydrogen-bond acceptors (Lipinski definition) is 1. The quantitative estimate of drug-likeness (QED) is 0.630. The van der Waals surface area contributed by atoms with Crippen LogP contribution in [0.25, 0.3) is 0 Å². The number of rotatable bonds is 1. The molecular formula is C9H11ClO. The van der Waals surface area contributed by atoms with Gasteiger partial charge in [-0.2, -0.15) is 0 Å². The molecule has 0 aliphatic carbocycles. The number of ether oxygens (including phenoxy) is 1. The van der Waals surface area contributed by atoms with E-state index in [4.69, 9.17) is 16.3 Å². The summed E-state index contributed by atoms with van der Waals surface area (Å²) in [6.07, 6.45) is 0. The first-order chi connectivity index (χ1) is 5.16. The van der Waals surface area contributed by atoms with Crippen LogP contribution in [0.2, 0.25) is 5.02 Å². The normalized spacial score (nSPS) is 9.82. The summed E-state index contributed by atoms with van der Waals surface area (Å²) in [7, 11) is 1.66. The van der Waals surface area contributed by atoms with Crippen molar-refractivity contribution in [3.63, 3.8) is 0 Å². The molecule has 1 nitrogen and oxygen atoms in total. The molecule has 0 atom stereocenters.